The van der Waals surface area contributed by atoms with E-state index in [2.05, 4.69) is 15.5 Å². The molecule has 0 fully saturated rings. The summed E-state index contributed by atoms with van der Waals surface area (Å²) < 4.78 is 21.3. The number of hydrogen-bond donors (Lipinski definition) is 0. The lowest BCUT2D eigenvalue weighted by Gasteiger charge is -2.22. The molecule has 102 valence electrons. The molecule has 0 bridgehead atoms. The number of nitrogens with zero attached hydrogens (tertiary/aromatic N) is 4. The van der Waals surface area contributed by atoms with Gasteiger partial charge in [0.05, 0.1) is 7.11 Å². The zero-order chi connectivity index (χ0) is 14.2. The van der Waals surface area contributed by atoms with Crippen LogP contribution in [0, 0.1) is 12.7 Å². The predicted molar refractivity (Wildman–Crippen MR) is 69.1 cm³/mol. The van der Waals surface area contributed by atoms with Gasteiger partial charge in [-0.1, -0.05) is 20.8 Å². The van der Waals surface area contributed by atoms with Crippen molar-refractivity contribution in [2.45, 2.75) is 33.1 Å². The second-order valence-corrected chi connectivity index (χ2v) is 5.40. The molecule has 5 nitrogen and oxygen atoms in total. The first-order valence-corrected chi connectivity index (χ1v) is 5.98. The molecule has 2 aromatic rings. The fraction of sp³-hybridized carbons (Fsp3) is 0.462. The molecular formula is C13H17FN4O. The minimum Gasteiger partial charge on any atom is -0.497 e. The van der Waals surface area contributed by atoms with Crippen molar-refractivity contribution in [3.8, 4) is 11.4 Å². The zero-order valence-electron chi connectivity index (χ0n) is 11.7. The average Bonchev–Trinajstić information content (AvgIpc) is 2.74. The quantitative estimate of drug-likeness (QED) is 0.836. The Balaban J connectivity index is 2.71. The van der Waals surface area contributed by atoms with Crippen LogP contribution in [0.1, 0.15) is 32.2 Å². The number of tetrazole rings is 1. The van der Waals surface area contributed by atoms with Gasteiger partial charge in [-0.2, -0.15) is 4.68 Å². The Morgan fingerprint density at radius 2 is 1.95 bits per heavy atom. The summed E-state index contributed by atoms with van der Waals surface area (Å²) in [7, 11) is 1.55. The fourth-order valence-electron chi connectivity index (χ4n) is 1.86. The Morgan fingerprint density at radius 3 is 2.42 bits per heavy atom. The van der Waals surface area contributed by atoms with E-state index in [1.807, 2.05) is 20.8 Å². The molecule has 6 heteroatoms. The SMILES string of the molecule is COc1cc(-n2nnnc2C)c(F)c(C(C)(C)C)c1. The number of methoxy groups -OCH3 is 1. The number of rotatable bonds is 2. The van der Waals surface area contributed by atoms with Crippen LogP contribution in [0.25, 0.3) is 5.69 Å². The van der Waals surface area contributed by atoms with E-state index in [4.69, 9.17) is 4.74 Å². The van der Waals surface area contributed by atoms with Crippen molar-refractivity contribution < 1.29 is 9.13 Å². The lowest BCUT2D eigenvalue weighted by Crippen LogP contribution is -2.16. The number of hydrogen-bond acceptors (Lipinski definition) is 4. The summed E-state index contributed by atoms with van der Waals surface area (Å²) in [5, 5.41) is 11.1. The third-order valence-electron chi connectivity index (χ3n) is 2.92. The number of halogens is 1. The van der Waals surface area contributed by atoms with Crippen molar-refractivity contribution >= 4 is 0 Å². The van der Waals surface area contributed by atoms with Gasteiger partial charge in [0, 0.05) is 6.07 Å². The predicted octanol–water partition coefficient (Wildman–Crippen LogP) is 2.42. The normalized spacial score (nSPS) is 11.7. The first-order valence-electron chi connectivity index (χ1n) is 5.98. The second kappa shape index (κ2) is 4.60. The molecule has 0 radical (unpaired) electrons. The highest BCUT2D eigenvalue weighted by Gasteiger charge is 2.24. The third kappa shape index (κ3) is 2.43. The smallest absolute Gasteiger partial charge is 0.153 e. The van der Waals surface area contributed by atoms with Gasteiger partial charge >= 0.3 is 0 Å². The molecule has 1 heterocycles. The van der Waals surface area contributed by atoms with Crippen LogP contribution in [0.3, 0.4) is 0 Å². The van der Waals surface area contributed by atoms with Gasteiger partial charge in [0.2, 0.25) is 0 Å². The summed E-state index contributed by atoms with van der Waals surface area (Å²) >= 11 is 0. The molecule has 0 aliphatic rings. The first-order chi connectivity index (χ1) is 8.84. The molecule has 0 amide bonds. The Bertz CT molecular complexity index is 601. The molecule has 2 rings (SSSR count). The maximum absolute atomic E-state index is 14.7. The van der Waals surface area contributed by atoms with Crippen molar-refractivity contribution in [2.75, 3.05) is 7.11 Å². The van der Waals surface area contributed by atoms with E-state index < -0.39 is 0 Å². The van der Waals surface area contributed by atoms with Gasteiger partial charge in [0.25, 0.3) is 0 Å². The van der Waals surface area contributed by atoms with Crippen LogP contribution in [0.15, 0.2) is 12.1 Å². The van der Waals surface area contributed by atoms with E-state index in [1.165, 1.54) is 4.68 Å². The van der Waals surface area contributed by atoms with Gasteiger partial charge in [-0.25, -0.2) is 4.39 Å². The molecule has 0 atom stereocenters. The van der Waals surface area contributed by atoms with Crippen LogP contribution in [0.5, 0.6) is 5.75 Å². The van der Waals surface area contributed by atoms with Gasteiger partial charge < -0.3 is 4.74 Å². The number of aromatic nitrogens is 4. The van der Waals surface area contributed by atoms with Gasteiger partial charge in [-0.05, 0) is 34.4 Å². The van der Waals surface area contributed by atoms with E-state index in [1.54, 1.807) is 26.2 Å². The Kier molecular flexibility index (Phi) is 3.26. The molecule has 0 aliphatic carbocycles. The maximum Gasteiger partial charge on any atom is 0.153 e. The standard InChI is InChI=1S/C13H17FN4O/c1-8-15-16-17-18(8)11-7-9(19-5)6-10(12(11)14)13(2,3)4/h6-7H,1-5H3. The van der Waals surface area contributed by atoms with Crippen LogP contribution in [0.4, 0.5) is 4.39 Å². The number of ether oxygens (including phenoxy) is 1. The average molecular weight is 264 g/mol. The van der Waals surface area contributed by atoms with Crippen molar-refractivity contribution in [3.05, 3.63) is 29.3 Å². The number of aryl methyl sites for hydroxylation is 1. The van der Waals surface area contributed by atoms with Crippen LogP contribution >= 0.6 is 0 Å². The number of benzene rings is 1. The molecule has 1 aromatic carbocycles. The largest absolute Gasteiger partial charge is 0.497 e. The molecule has 0 unspecified atom stereocenters. The Morgan fingerprint density at radius 1 is 1.26 bits per heavy atom. The molecule has 0 spiro atoms. The molecule has 0 N–H and O–H groups in total. The zero-order valence-corrected chi connectivity index (χ0v) is 11.7. The highest BCUT2D eigenvalue weighted by Crippen LogP contribution is 2.32. The van der Waals surface area contributed by atoms with E-state index in [-0.39, 0.29) is 11.2 Å². The second-order valence-electron chi connectivity index (χ2n) is 5.40. The van der Waals surface area contributed by atoms with E-state index in [9.17, 15) is 4.39 Å². The third-order valence-corrected chi connectivity index (χ3v) is 2.92. The minimum absolute atomic E-state index is 0.298. The minimum atomic E-state index is -0.338. The highest BCUT2D eigenvalue weighted by molar-refractivity contribution is 5.47. The van der Waals surface area contributed by atoms with Gasteiger partial charge in [0.1, 0.15) is 11.4 Å². The summed E-state index contributed by atoms with van der Waals surface area (Å²) in [4.78, 5) is 0. The monoisotopic (exact) mass is 264 g/mol. The van der Waals surface area contributed by atoms with Gasteiger partial charge in [-0.15, -0.1) is 5.10 Å². The van der Waals surface area contributed by atoms with Crippen LogP contribution < -0.4 is 4.74 Å². The summed E-state index contributed by atoms with van der Waals surface area (Å²) in [5.41, 5.74) is 0.526. The van der Waals surface area contributed by atoms with E-state index in [0.717, 1.165) is 0 Å². The fourth-order valence-corrected chi connectivity index (χ4v) is 1.86. The molecular weight excluding hydrogens is 247 g/mol. The van der Waals surface area contributed by atoms with Crippen molar-refractivity contribution in [3.63, 3.8) is 0 Å². The Hall–Kier alpha value is -1.98. The molecule has 19 heavy (non-hydrogen) atoms. The lowest BCUT2D eigenvalue weighted by molar-refractivity contribution is 0.408. The summed E-state index contributed by atoms with van der Waals surface area (Å²) in [5.74, 6) is 0.770. The molecule has 0 saturated heterocycles. The van der Waals surface area contributed by atoms with Gasteiger partial charge in [0.15, 0.2) is 11.6 Å². The lowest BCUT2D eigenvalue weighted by atomic mass is 9.86. The van der Waals surface area contributed by atoms with Crippen molar-refractivity contribution in [1.82, 2.24) is 20.2 Å². The van der Waals surface area contributed by atoms with Gasteiger partial charge in [-0.3, -0.25) is 0 Å². The summed E-state index contributed by atoms with van der Waals surface area (Å²) in [6, 6.07) is 3.30. The molecule has 0 saturated carbocycles. The maximum atomic E-state index is 14.7. The van der Waals surface area contributed by atoms with E-state index >= 15 is 0 Å². The topological polar surface area (TPSA) is 52.8 Å². The van der Waals surface area contributed by atoms with Crippen LogP contribution in [-0.2, 0) is 5.41 Å². The van der Waals surface area contributed by atoms with Crippen LogP contribution in [0.2, 0.25) is 0 Å². The van der Waals surface area contributed by atoms with Crippen molar-refractivity contribution in [2.24, 2.45) is 0 Å². The summed E-state index contributed by atoms with van der Waals surface area (Å²) in [6.07, 6.45) is 0. The molecule has 0 aliphatic heterocycles. The first kappa shape index (κ1) is 13.5. The molecule has 1 aromatic heterocycles. The van der Waals surface area contributed by atoms with Crippen LogP contribution in [-0.4, -0.2) is 27.3 Å². The van der Waals surface area contributed by atoms with E-state index in [0.29, 0.717) is 22.8 Å². The summed E-state index contributed by atoms with van der Waals surface area (Å²) in [6.45, 7) is 7.55. The van der Waals surface area contributed by atoms with Crippen molar-refractivity contribution in [1.29, 1.82) is 0 Å². The highest BCUT2D eigenvalue weighted by atomic mass is 19.1. The Labute approximate surface area is 111 Å².